The highest BCUT2D eigenvalue weighted by Gasteiger charge is 2.62. The van der Waals surface area contributed by atoms with Crippen LogP contribution in [0.25, 0.3) is 0 Å². The van der Waals surface area contributed by atoms with Gasteiger partial charge in [0.05, 0.1) is 9.50 Å². The van der Waals surface area contributed by atoms with Crippen molar-refractivity contribution in [3.05, 3.63) is 69.8 Å². The molecule has 3 rings (SSSR count). The molecule has 162 valence electrons. The van der Waals surface area contributed by atoms with E-state index >= 15 is 0 Å². The quantitative estimate of drug-likeness (QED) is 0.300. The van der Waals surface area contributed by atoms with Crippen molar-refractivity contribution < 1.29 is 27.4 Å². The van der Waals surface area contributed by atoms with Crippen LogP contribution in [0.4, 0.5) is 13.2 Å². The molecule has 3 atom stereocenters. The van der Waals surface area contributed by atoms with Gasteiger partial charge in [-0.2, -0.15) is 18.4 Å². The van der Waals surface area contributed by atoms with Crippen molar-refractivity contribution >= 4 is 28.6 Å². The Morgan fingerprint density at radius 1 is 1.16 bits per heavy atom. The summed E-state index contributed by atoms with van der Waals surface area (Å²) in [6.45, 7) is 3.41. The van der Waals surface area contributed by atoms with Crippen LogP contribution in [0, 0.1) is 28.6 Å². The zero-order chi connectivity index (χ0) is 22.8. The molecule has 3 unspecified atom stereocenters. The summed E-state index contributed by atoms with van der Waals surface area (Å²) in [5.74, 6) is -0.982. The zero-order valence-electron chi connectivity index (χ0n) is 16.7. The summed E-state index contributed by atoms with van der Waals surface area (Å²) < 4.78 is 48.9. The van der Waals surface area contributed by atoms with Crippen molar-refractivity contribution in [2.24, 2.45) is 17.3 Å². The van der Waals surface area contributed by atoms with Crippen molar-refractivity contribution in [1.82, 2.24) is 0 Å². The Morgan fingerprint density at radius 3 is 2.42 bits per heavy atom. The molecule has 1 saturated carbocycles. The molecular formula is C23H19F3INO3. The average molecular weight is 541 g/mol. The van der Waals surface area contributed by atoms with Gasteiger partial charge < -0.3 is 9.47 Å². The molecule has 0 amide bonds. The first-order valence-corrected chi connectivity index (χ1v) is 10.5. The highest BCUT2D eigenvalue weighted by molar-refractivity contribution is 14.1. The molecule has 0 aromatic heterocycles. The van der Waals surface area contributed by atoms with Crippen LogP contribution in [0.15, 0.2) is 64.3 Å². The molecule has 0 radical (unpaired) electrons. The lowest BCUT2D eigenvalue weighted by atomic mass is 10.1. The van der Waals surface area contributed by atoms with E-state index in [1.807, 2.05) is 24.3 Å². The molecule has 0 aliphatic heterocycles. The molecule has 8 heteroatoms. The van der Waals surface area contributed by atoms with Crippen LogP contribution in [-0.4, -0.2) is 12.1 Å². The van der Waals surface area contributed by atoms with E-state index in [9.17, 15) is 23.2 Å². The van der Waals surface area contributed by atoms with Gasteiger partial charge in [-0.1, -0.05) is 50.3 Å². The first kappa shape index (κ1) is 23.1. The lowest BCUT2D eigenvalue weighted by molar-refractivity contribution is -0.149. The van der Waals surface area contributed by atoms with Crippen molar-refractivity contribution in [2.75, 3.05) is 0 Å². The summed E-state index contributed by atoms with van der Waals surface area (Å²) in [5.41, 5.74) is -0.267. The lowest BCUT2D eigenvalue weighted by Gasteiger charge is -2.13. The van der Waals surface area contributed by atoms with Gasteiger partial charge in [0.2, 0.25) is 6.10 Å². The topological polar surface area (TPSA) is 59.3 Å². The number of benzene rings is 2. The molecule has 0 heterocycles. The Morgan fingerprint density at radius 2 is 1.81 bits per heavy atom. The Bertz CT molecular complexity index is 1030. The Hall–Kier alpha value is -2.54. The van der Waals surface area contributed by atoms with Crippen LogP contribution in [0.1, 0.15) is 25.5 Å². The van der Waals surface area contributed by atoms with Gasteiger partial charge in [0.15, 0.2) is 0 Å². The molecule has 0 saturated heterocycles. The van der Waals surface area contributed by atoms with E-state index in [0.29, 0.717) is 17.1 Å². The van der Waals surface area contributed by atoms with E-state index in [1.165, 1.54) is 22.6 Å². The van der Waals surface area contributed by atoms with E-state index in [0.717, 1.165) is 6.08 Å². The van der Waals surface area contributed by atoms with Crippen LogP contribution >= 0.6 is 22.6 Å². The minimum atomic E-state index is -4.46. The third-order valence-electron chi connectivity index (χ3n) is 5.25. The van der Waals surface area contributed by atoms with Gasteiger partial charge >= 0.3 is 12.1 Å². The molecule has 1 aliphatic rings. The summed E-state index contributed by atoms with van der Waals surface area (Å²) >= 11 is 1.23. The lowest BCUT2D eigenvalue weighted by Crippen LogP contribution is -2.14. The van der Waals surface area contributed by atoms with Crippen LogP contribution in [0.5, 0.6) is 11.5 Å². The molecule has 1 fully saturated rings. The molecule has 1 aliphatic carbocycles. The monoisotopic (exact) mass is 541 g/mol. The normalized spacial score (nSPS) is 21.0. The van der Waals surface area contributed by atoms with Gasteiger partial charge in [-0.05, 0) is 58.2 Å². The standard InChI is InChI=1S/C23H19F3INO3/c1-22(2)17(12-19(27)23(24,25)26)20(22)21(29)31-18(13-28)14-7-6-10-16(11-14)30-15-8-4-3-5-9-15/h3-12,17-18,20H,1-2H3/b19-12-. The van der Waals surface area contributed by atoms with Gasteiger partial charge in [0, 0.05) is 5.56 Å². The van der Waals surface area contributed by atoms with E-state index < -0.39 is 39.1 Å². The van der Waals surface area contributed by atoms with Crippen LogP contribution in [0.3, 0.4) is 0 Å². The number of halogens is 4. The highest BCUT2D eigenvalue weighted by Crippen LogP contribution is 2.61. The third kappa shape index (κ3) is 5.39. The maximum atomic E-state index is 12.9. The fraction of sp³-hybridized carbons (Fsp3) is 0.304. The Labute approximate surface area is 191 Å². The number of nitrogens with zero attached hydrogens (tertiary/aromatic N) is 1. The molecule has 0 bridgehead atoms. The van der Waals surface area contributed by atoms with Gasteiger partial charge in [-0.3, -0.25) is 4.79 Å². The van der Waals surface area contributed by atoms with Crippen molar-refractivity contribution in [2.45, 2.75) is 26.1 Å². The zero-order valence-corrected chi connectivity index (χ0v) is 18.8. The van der Waals surface area contributed by atoms with Crippen LogP contribution < -0.4 is 4.74 Å². The number of hydrogen-bond acceptors (Lipinski definition) is 4. The fourth-order valence-corrected chi connectivity index (χ4v) is 3.80. The molecule has 4 nitrogen and oxygen atoms in total. The van der Waals surface area contributed by atoms with Crippen LogP contribution in [0.2, 0.25) is 0 Å². The number of rotatable bonds is 6. The first-order chi connectivity index (χ1) is 14.5. The molecule has 0 spiro atoms. The molecule has 2 aromatic rings. The SMILES string of the molecule is CC1(C)C(/C=C(\I)C(F)(F)F)C1C(=O)OC(C#N)c1cccc(Oc2ccccc2)c1. The summed E-state index contributed by atoms with van der Waals surface area (Å²) in [5, 5.41) is 9.53. The summed E-state index contributed by atoms with van der Waals surface area (Å²) in [7, 11) is 0. The smallest absolute Gasteiger partial charge is 0.421 e. The molecule has 31 heavy (non-hydrogen) atoms. The number of alkyl halides is 3. The van der Waals surface area contributed by atoms with Gasteiger partial charge in [0.1, 0.15) is 17.6 Å². The number of nitriles is 1. The Balaban J connectivity index is 1.72. The second-order valence-corrected chi connectivity index (χ2v) is 8.93. The number of allylic oxidation sites excluding steroid dienone is 2. The van der Waals surface area contributed by atoms with E-state index in [4.69, 9.17) is 9.47 Å². The molecular weight excluding hydrogens is 522 g/mol. The molecule has 0 N–H and O–H groups in total. The summed E-state index contributed by atoms with van der Waals surface area (Å²) in [4.78, 5) is 12.7. The second-order valence-electron chi connectivity index (χ2n) is 7.77. The second kappa shape index (κ2) is 8.91. The van der Waals surface area contributed by atoms with E-state index in [1.54, 1.807) is 50.2 Å². The number of carbonyl (C=O) groups is 1. The van der Waals surface area contributed by atoms with Gasteiger partial charge in [-0.15, -0.1) is 0 Å². The number of hydrogen-bond donors (Lipinski definition) is 0. The van der Waals surface area contributed by atoms with E-state index in [-0.39, 0.29) is 0 Å². The minimum absolute atomic E-state index is 0.416. The van der Waals surface area contributed by atoms with E-state index in [2.05, 4.69) is 0 Å². The number of ether oxygens (including phenoxy) is 2. The predicted octanol–water partition coefficient (Wildman–Crippen LogP) is 6.74. The van der Waals surface area contributed by atoms with Crippen molar-refractivity contribution in [1.29, 1.82) is 5.26 Å². The summed E-state index contributed by atoms with van der Waals surface area (Å²) in [6, 6.07) is 17.6. The third-order valence-corrected chi connectivity index (χ3v) is 6.22. The van der Waals surface area contributed by atoms with Crippen molar-refractivity contribution in [3.8, 4) is 17.6 Å². The number of esters is 1. The summed E-state index contributed by atoms with van der Waals surface area (Å²) in [6.07, 6.45) is -4.60. The van der Waals surface area contributed by atoms with Gasteiger partial charge in [0.25, 0.3) is 0 Å². The highest BCUT2D eigenvalue weighted by atomic mass is 127. The average Bonchev–Trinajstić information content (AvgIpc) is 3.26. The predicted molar refractivity (Wildman–Crippen MR) is 116 cm³/mol. The molecule has 2 aromatic carbocycles. The number of para-hydroxylation sites is 1. The maximum absolute atomic E-state index is 12.9. The maximum Gasteiger partial charge on any atom is 0.421 e. The minimum Gasteiger partial charge on any atom is -0.457 e. The Kier molecular flexibility index (Phi) is 6.65. The van der Waals surface area contributed by atoms with Crippen molar-refractivity contribution in [3.63, 3.8) is 0 Å². The van der Waals surface area contributed by atoms with Crippen LogP contribution in [-0.2, 0) is 9.53 Å². The number of carbonyl (C=O) groups excluding carboxylic acids is 1. The van der Waals surface area contributed by atoms with Gasteiger partial charge in [-0.25, -0.2) is 0 Å². The first-order valence-electron chi connectivity index (χ1n) is 9.41. The largest absolute Gasteiger partial charge is 0.457 e. The fourth-order valence-electron chi connectivity index (χ4n) is 3.42.